The summed E-state index contributed by atoms with van der Waals surface area (Å²) < 4.78 is 57.7. The summed E-state index contributed by atoms with van der Waals surface area (Å²) in [5.74, 6) is -3.30. The molecule has 1 N–H and O–H groups in total. The Kier molecular flexibility index (Phi) is 6.32. The molecule has 1 saturated heterocycles. The van der Waals surface area contributed by atoms with Crippen LogP contribution in [0.15, 0.2) is 42.5 Å². The highest BCUT2D eigenvalue weighted by Crippen LogP contribution is 2.34. The lowest BCUT2D eigenvalue weighted by atomic mass is 9.84. The average molecular weight is 441 g/mol. The SMILES string of the molecule is COc1ccc(C2CCN(c3ccc([N+](=O)[O-])cc3)CC2NC(=O)C(F)(F)F)cc1F. The summed E-state index contributed by atoms with van der Waals surface area (Å²) in [6.07, 6.45) is -4.74. The monoisotopic (exact) mass is 441 g/mol. The van der Waals surface area contributed by atoms with Gasteiger partial charge in [-0.25, -0.2) is 4.39 Å². The number of nitrogens with one attached hydrogen (secondary N) is 1. The Morgan fingerprint density at radius 1 is 1.23 bits per heavy atom. The number of nitro groups is 1. The number of methoxy groups -OCH3 is 1. The van der Waals surface area contributed by atoms with Crippen LogP contribution in [0.5, 0.6) is 5.75 Å². The van der Waals surface area contributed by atoms with E-state index in [2.05, 4.69) is 0 Å². The molecule has 166 valence electrons. The molecule has 1 aliphatic heterocycles. The van der Waals surface area contributed by atoms with Crippen molar-refractivity contribution in [3.05, 3.63) is 64.0 Å². The Balaban J connectivity index is 1.87. The number of piperidine rings is 1. The van der Waals surface area contributed by atoms with Crippen LogP contribution in [0.3, 0.4) is 0 Å². The molecule has 11 heteroatoms. The third-order valence-corrected chi connectivity index (χ3v) is 5.22. The minimum atomic E-state index is -5.06. The fraction of sp³-hybridized carbons (Fsp3) is 0.350. The minimum absolute atomic E-state index is 0.00272. The van der Waals surface area contributed by atoms with Crippen LogP contribution in [0.25, 0.3) is 0 Å². The second kappa shape index (κ2) is 8.78. The average Bonchev–Trinajstić information content (AvgIpc) is 2.73. The van der Waals surface area contributed by atoms with Gasteiger partial charge in [-0.05, 0) is 36.2 Å². The maximum absolute atomic E-state index is 14.2. The van der Waals surface area contributed by atoms with E-state index in [1.165, 1.54) is 43.5 Å². The van der Waals surface area contributed by atoms with Gasteiger partial charge in [-0.2, -0.15) is 13.2 Å². The van der Waals surface area contributed by atoms with Crippen LogP contribution in [0.1, 0.15) is 17.9 Å². The summed E-state index contributed by atoms with van der Waals surface area (Å²) in [6.45, 7) is 0.409. The van der Waals surface area contributed by atoms with E-state index in [-0.39, 0.29) is 18.0 Å². The van der Waals surface area contributed by atoms with Gasteiger partial charge in [0.2, 0.25) is 0 Å². The van der Waals surface area contributed by atoms with Crippen LogP contribution in [-0.2, 0) is 4.79 Å². The van der Waals surface area contributed by atoms with Crippen LogP contribution in [0.4, 0.5) is 28.9 Å². The van der Waals surface area contributed by atoms with E-state index in [0.29, 0.717) is 24.2 Å². The first-order chi connectivity index (χ1) is 14.6. The highest BCUT2D eigenvalue weighted by molar-refractivity contribution is 5.82. The molecule has 3 rings (SSSR count). The number of amides is 1. The van der Waals surface area contributed by atoms with E-state index in [9.17, 15) is 32.5 Å². The Morgan fingerprint density at radius 2 is 1.90 bits per heavy atom. The second-order valence-electron chi connectivity index (χ2n) is 7.09. The van der Waals surface area contributed by atoms with Gasteiger partial charge < -0.3 is 15.0 Å². The quantitative estimate of drug-likeness (QED) is 0.434. The minimum Gasteiger partial charge on any atom is -0.494 e. The van der Waals surface area contributed by atoms with Gasteiger partial charge in [-0.1, -0.05) is 6.07 Å². The first-order valence-electron chi connectivity index (χ1n) is 9.30. The maximum Gasteiger partial charge on any atom is 0.471 e. The van der Waals surface area contributed by atoms with Crippen molar-refractivity contribution in [2.75, 3.05) is 25.1 Å². The topological polar surface area (TPSA) is 84.7 Å². The van der Waals surface area contributed by atoms with Crippen molar-refractivity contribution in [2.45, 2.75) is 24.6 Å². The molecule has 0 aliphatic carbocycles. The fourth-order valence-electron chi connectivity index (χ4n) is 3.68. The van der Waals surface area contributed by atoms with Crippen LogP contribution in [0, 0.1) is 15.9 Å². The predicted octanol–water partition coefficient (Wildman–Crippen LogP) is 3.78. The van der Waals surface area contributed by atoms with Gasteiger partial charge in [0.05, 0.1) is 18.1 Å². The van der Waals surface area contributed by atoms with E-state index in [1.807, 2.05) is 5.32 Å². The van der Waals surface area contributed by atoms with Gasteiger partial charge in [0, 0.05) is 36.8 Å². The normalized spacial score (nSPS) is 19.1. The smallest absolute Gasteiger partial charge is 0.471 e. The molecule has 1 aliphatic rings. The maximum atomic E-state index is 14.2. The zero-order valence-corrected chi connectivity index (χ0v) is 16.4. The largest absolute Gasteiger partial charge is 0.494 e. The number of benzene rings is 2. The molecule has 0 aromatic heterocycles. The molecule has 0 saturated carbocycles. The molecule has 0 spiro atoms. The van der Waals surface area contributed by atoms with Gasteiger partial charge in [-0.3, -0.25) is 14.9 Å². The molecule has 2 unspecified atom stereocenters. The molecule has 2 atom stereocenters. The fourth-order valence-corrected chi connectivity index (χ4v) is 3.68. The summed E-state index contributed by atoms with van der Waals surface area (Å²) in [4.78, 5) is 23.6. The number of ether oxygens (including phenoxy) is 1. The number of carbonyl (C=O) groups is 1. The predicted molar refractivity (Wildman–Crippen MR) is 104 cm³/mol. The number of non-ortho nitro benzene ring substituents is 1. The van der Waals surface area contributed by atoms with E-state index in [1.54, 1.807) is 11.0 Å². The van der Waals surface area contributed by atoms with Crippen molar-refractivity contribution < 1.29 is 32.0 Å². The molecule has 2 aromatic carbocycles. The summed E-state index contributed by atoms with van der Waals surface area (Å²) in [6, 6.07) is 8.75. The molecule has 0 bridgehead atoms. The highest BCUT2D eigenvalue weighted by atomic mass is 19.4. The van der Waals surface area contributed by atoms with E-state index < -0.39 is 34.8 Å². The van der Waals surface area contributed by atoms with Crippen LogP contribution in [0.2, 0.25) is 0 Å². The highest BCUT2D eigenvalue weighted by Gasteiger charge is 2.42. The number of nitro benzene ring substituents is 1. The van der Waals surface area contributed by atoms with Crippen molar-refractivity contribution in [1.82, 2.24) is 5.32 Å². The molecule has 0 radical (unpaired) electrons. The molecular formula is C20H19F4N3O4. The van der Waals surface area contributed by atoms with Gasteiger partial charge in [0.1, 0.15) is 0 Å². The molecular weight excluding hydrogens is 422 g/mol. The standard InChI is InChI=1S/C20H19F4N3O4/c1-31-18-7-2-12(10-16(18)21)15-8-9-26(11-17(15)25-19(28)20(22,23)24)13-3-5-14(6-4-13)27(29)30/h2-7,10,15,17H,8-9,11H2,1H3,(H,25,28). The zero-order valence-electron chi connectivity index (χ0n) is 16.4. The zero-order chi connectivity index (χ0) is 22.8. The molecule has 31 heavy (non-hydrogen) atoms. The Labute approximate surface area is 174 Å². The molecule has 7 nitrogen and oxygen atoms in total. The van der Waals surface area contributed by atoms with Gasteiger partial charge in [-0.15, -0.1) is 0 Å². The van der Waals surface area contributed by atoms with E-state index >= 15 is 0 Å². The lowest BCUT2D eigenvalue weighted by molar-refractivity contribution is -0.384. The second-order valence-corrected chi connectivity index (χ2v) is 7.09. The molecule has 1 amide bonds. The summed E-state index contributed by atoms with van der Waals surface area (Å²) in [7, 11) is 1.30. The molecule has 2 aromatic rings. The third kappa shape index (κ3) is 5.04. The first kappa shape index (κ1) is 22.3. The van der Waals surface area contributed by atoms with Crippen LogP contribution in [-0.4, -0.2) is 43.2 Å². The Bertz CT molecular complexity index is 966. The van der Waals surface area contributed by atoms with Gasteiger partial charge in [0.15, 0.2) is 11.6 Å². The van der Waals surface area contributed by atoms with E-state index in [4.69, 9.17) is 4.74 Å². The van der Waals surface area contributed by atoms with E-state index in [0.717, 1.165) is 0 Å². The number of halogens is 4. The number of nitrogens with zero attached hydrogens (tertiary/aromatic N) is 2. The number of rotatable bonds is 5. The van der Waals surface area contributed by atoms with Crippen LogP contribution < -0.4 is 15.0 Å². The third-order valence-electron chi connectivity index (χ3n) is 5.22. The van der Waals surface area contributed by atoms with Crippen molar-refractivity contribution in [3.8, 4) is 5.75 Å². The van der Waals surface area contributed by atoms with Crippen molar-refractivity contribution in [3.63, 3.8) is 0 Å². The molecule has 1 fully saturated rings. The lowest BCUT2D eigenvalue weighted by Gasteiger charge is -2.40. The first-order valence-corrected chi connectivity index (χ1v) is 9.30. The van der Waals surface area contributed by atoms with Crippen LogP contribution >= 0.6 is 0 Å². The van der Waals surface area contributed by atoms with Crippen molar-refractivity contribution >= 4 is 17.3 Å². The lowest BCUT2D eigenvalue weighted by Crippen LogP contribution is -2.54. The Hall–Kier alpha value is -3.37. The number of hydrogen-bond acceptors (Lipinski definition) is 5. The summed E-state index contributed by atoms with van der Waals surface area (Å²) in [5, 5.41) is 12.8. The number of anilines is 1. The number of carbonyl (C=O) groups excluding carboxylic acids is 1. The van der Waals surface area contributed by atoms with Gasteiger partial charge >= 0.3 is 12.1 Å². The molecule has 1 heterocycles. The Morgan fingerprint density at radius 3 is 2.45 bits per heavy atom. The van der Waals surface area contributed by atoms with Crippen molar-refractivity contribution in [2.24, 2.45) is 0 Å². The summed E-state index contributed by atoms with van der Waals surface area (Å²) >= 11 is 0. The van der Waals surface area contributed by atoms with Gasteiger partial charge in [0.25, 0.3) is 5.69 Å². The number of hydrogen-bond donors (Lipinski definition) is 1. The van der Waals surface area contributed by atoms with Crippen molar-refractivity contribution in [1.29, 1.82) is 0 Å². The number of alkyl halides is 3. The summed E-state index contributed by atoms with van der Waals surface area (Å²) in [5.41, 5.74) is 0.889.